The molecule has 1 aliphatic rings. The lowest BCUT2D eigenvalue weighted by atomic mass is 10.1. The Morgan fingerprint density at radius 3 is 2.60 bits per heavy atom. The first kappa shape index (κ1) is 16.9. The minimum atomic E-state index is -0.527. The van der Waals surface area contributed by atoms with Gasteiger partial charge in [0.15, 0.2) is 0 Å². The van der Waals surface area contributed by atoms with E-state index in [0.717, 1.165) is 23.5 Å². The van der Waals surface area contributed by atoms with Crippen molar-refractivity contribution in [2.24, 2.45) is 7.05 Å². The molecule has 8 nitrogen and oxygen atoms in total. The van der Waals surface area contributed by atoms with Gasteiger partial charge in [0.1, 0.15) is 12.4 Å². The molecule has 2 aromatic heterocycles. The zero-order chi connectivity index (χ0) is 17.8. The van der Waals surface area contributed by atoms with E-state index in [0.29, 0.717) is 5.69 Å². The highest BCUT2D eigenvalue weighted by Gasteiger charge is 2.12. The van der Waals surface area contributed by atoms with Crippen molar-refractivity contribution in [2.75, 3.05) is 23.3 Å². The average Bonchev–Trinajstić information content (AvgIpc) is 2.63. The van der Waals surface area contributed by atoms with Gasteiger partial charge in [0.2, 0.25) is 5.91 Å². The van der Waals surface area contributed by atoms with Crippen LogP contribution in [0.3, 0.4) is 0 Å². The normalized spacial score (nSPS) is 14.4. The molecule has 8 heteroatoms. The fraction of sp³-hybridized carbons (Fsp3) is 0.412. The van der Waals surface area contributed by atoms with Crippen molar-refractivity contribution in [3.8, 4) is 0 Å². The van der Waals surface area contributed by atoms with E-state index in [1.165, 1.54) is 43.1 Å². The van der Waals surface area contributed by atoms with E-state index < -0.39 is 11.2 Å². The van der Waals surface area contributed by atoms with Crippen LogP contribution in [0.2, 0.25) is 0 Å². The summed E-state index contributed by atoms with van der Waals surface area (Å²) in [5, 5.41) is 2.71. The Morgan fingerprint density at radius 1 is 1.16 bits per heavy atom. The van der Waals surface area contributed by atoms with Crippen LogP contribution in [0.1, 0.15) is 19.3 Å². The van der Waals surface area contributed by atoms with Crippen LogP contribution in [0.4, 0.5) is 11.5 Å². The smallest absolute Gasteiger partial charge is 0.331 e. The molecule has 0 aliphatic carbocycles. The van der Waals surface area contributed by atoms with Gasteiger partial charge in [-0.3, -0.25) is 18.7 Å². The van der Waals surface area contributed by atoms with Gasteiger partial charge in [-0.1, -0.05) is 0 Å². The molecule has 0 aromatic carbocycles. The van der Waals surface area contributed by atoms with E-state index >= 15 is 0 Å². The maximum absolute atomic E-state index is 12.1. The van der Waals surface area contributed by atoms with Crippen LogP contribution in [-0.2, 0) is 18.4 Å². The van der Waals surface area contributed by atoms with Crippen molar-refractivity contribution in [2.45, 2.75) is 25.8 Å². The second-order valence-corrected chi connectivity index (χ2v) is 6.12. The summed E-state index contributed by atoms with van der Waals surface area (Å²) >= 11 is 0. The van der Waals surface area contributed by atoms with Crippen molar-refractivity contribution in [1.82, 2.24) is 14.1 Å². The molecule has 0 atom stereocenters. The van der Waals surface area contributed by atoms with Crippen LogP contribution in [0.25, 0.3) is 0 Å². The molecule has 0 unspecified atom stereocenters. The molecule has 3 heterocycles. The number of pyridine rings is 1. The number of nitrogens with one attached hydrogen (secondary N) is 1. The Bertz CT molecular complexity index is 863. The number of hydrogen-bond acceptors (Lipinski definition) is 5. The predicted molar refractivity (Wildman–Crippen MR) is 94.9 cm³/mol. The number of rotatable bonds is 4. The molecule has 0 saturated carbocycles. The molecule has 2 aromatic rings. The van der Waals surface area contributed by atoms with Gasteiger partial charge in [-0.05, 0) is 31.4 Å². The first-order valence-corrected chi connectivity index (χ1v) is 8.32. The molecule has 132 valence electrons. The largest absolute Gasteiger partial charge is 0.357 e. The summed E-state index contributed by atoms with van der Waals surface area (Å²) in [6.07, 6.45) is 6.55. The van der Waals surface area contributed by atoms with E-state index in [1.54, 1.807) is 12.3 Å². The van der Waals surface area contributed by atoms with E-state index in [4.69, 9.17) is 0 Å². The Morgan fingerprint density at radius 2 is 1.92 bits per heavy atom. The van der Waals surface area contributed by atoms with Crippen LogP contribution < -0.4 is 21.5 Å². The average molecular weight is 343 g/mol. The number of carbonyl (C=O) groups is 1. The number of hydrogen-bond donors (Lipinski definition) is 1. The zero-order valence-corrected chi connectivity index (χ0v) is 14.1. The molecular weight excluding hydrogens is 322 g/mol. The van der Waals surface area contributed by atoms with Gasteiger partial charge < -0.3 is 10.2 Å². The lowest BCUT2D eigenvalue weighted by Gasteiger charge is -2.27. The molecule has 3 rings (SSSR count). The van der Waals surface area contributed by atoms with E-state index in [2.05, 4.69) is 15.2 Å². The molecule has 25 heavy (non-hydrogen) atoms. The lowest BCUT2D eigenvalue weighted by molar-refractivity contribution is -0.116. The van der Waals surface area contributed by atoms with E-state index in [9.17, 15) is 14.4 Å². The van der Waals surface area contributed by atoms with Gasteiger partial charge in [0.05, 0.1) is 11.9 Å². The first-order valence-electron chi connectivity index (χ1n) is 8.32. The minimum Gasteiger partial charge on any atom is -0.357 e. The Balaban J connectivity index is 1.64. The Kier molecular flexibility index (Phi) is 4.97. The van der Waals surface area contributed by atoms with Crippen molar-refractivity contribution in [3.63, 3.8) is 0 Å². The number of amides is 1. The summed E-state index contributed by atoms with van der Waals surface area (Å²) in [5.41, 5.74) is -0.357. The number of nitrogens with zero attached hydrogens (tertiary/aromatic N) is 4. The summed E-state index contributed by atoms with van der Waals surface area (Å²) in [6, 6.07) is 4.95. The maximum Gasteiger partial charge on any atom is 0.331 e. The molecule has 1 fully saturated rings. The van der Waals surface area contributed by atoms with Gasteiger partial charge in [0.25, 0.3) is 5.56 Å². The number of piperidine rings is 1. The highest BCUT2D eigenvalue weighted by molar-refractivity contribution is 5.90. The van der Waals surface area contributed by atoms with Crippen molar-refractivity contribution in [1.29, 1.82) is 0 Å². The molecule has 1 N–H and O–H groups in total. The van der Waals surface area contributed by atoms with Crippen LogP contribution in [0.5, 0.6) is 0 Å². The highest BCUT2D eigenvalue weighted by Crippen LogP contribution is 2.18. The van der Waals surface area contributed by atoms with E-state index in [1.807, 2.05) is 6.07 Å². The Labute approximate surface area is 144 Å². The summed E-state index contributed by atoms with van der Waals surface area (Å²) < 4.78 is 2.15. The lowest BCUT2D eigenvalue weighted by Crippen LogP contribution is -2.38. The van der Waals surface area contributed by atoms with Crippen LogP contribution >= 0.6 is 0 Å². The molecular formula is C17H21N5O3. The van der Waals surface area contributed by atoms with Gasteiger partial charge in [-0.25, -0.2) is 9.78 Å². The van der Waals surface area contributed by atoms with E-state index in [-0.39, 0.29) is 12.5 Å². The predicted octanol–water partition coefficient (Wildman–Crippen LogP) is 0.571. The molecule has 1 saturated heterocycles. The second kappa shape index (κ2) is 7.33. The molecule has 1 aliphatic heterocycles. The van der Waals surface area contributed by atoms with Crippen molar-refractivity contribution < 1.29 is 4.79 Å². The fourth-order valence-electron chi connectivity index (χ4n) is 2.86. The first-order chi connectivity index (χ1) is 12.0. The number of carbonyl (C=O) groups excluding carboxylic acids is 1. The monoisotopic (exact) mass is 343 g/mol. The SMILES string of the molecule is Cn1c(=O)ccn(CC(=O)Nc2ccc(N3CCCCC3)nc2)c1=O. The van der Waals surface area contributed by atoms with Crippen molar-refractivity contribution in [3.05, 3.63) is 51.4 Å². The standard InChI is InChI=1S/C17H21N5O3/c1-20-16(24)7-10-22(17(20)25)12-15(23)19-13-5-6-14(18-11-13)21-8-3-2-4-9-21/h5-7,10-11H,2-4,8-9,12H2,1H3,(H,19,23). The molecule has 0 spiro atoms. The van der Waals surface area contributed by atoms with Crippen LogP contribution in [0.15, 0.2) is 40.2 Å². The van der Waals surface area contributed by atoms with Gasteiger partial charge in [-0.2, -0.15) is 0 Å². The third-order valence-electron chi connectivity index (χ3n) is 4.29. The minimum absolute atomic E-state index is 0.166. The third-order valence-corrected chi connectivity index (χ3v) is 4.29. The van der Waals surface area contributed by atoms with Crippen LogP contribution in [0, 0.1) is 0 Å². The molecule has 0 bridgehead atoms. The number of aromatic nitrogens is 3. The summed E-state index contributed by atoms with van der Waals surface area (Å²) in [7, 11) is 1.38. The molecule has 0 radical (unpaired) electrons. The third kappa shape index (κ3) is 3.96. The summed E-state index contributed by atoms with van der Waals surface area (Å²) in [5.74, 6) is 0.556. The van der Waals surface area contributed by atoms with Gasteiger partial charge >= 0.3 is 5.69 Å². The topological polar surface area (TPSA) is 89.2 Å². The van der Waals surface area contributed by atoms with Crippen LogP contribution in [-0.4, -0.2) is 33.1 Å². The van der Waals surface area contributed by atoms with Gasteiger partial charge in [0, 0.05) is 32.4 Å². The number of anilines is 2. The van der Waals surface area contributed by atoms with Gasteiger partial charge in [-0.15, -0.1) is 0 Å². The second-order valence-electron chi connectivity index (χ2n) is 6.12. The molecule has 1 amide bonds. The summed E-state index contributed by atoms with van der Waals surface area (Å²) in [6.45, 7) is 1.85. The summed E-state index contributed by atoms with van der Waals surface area (Å²) in [4.78, 5) is 42.1. The quantitative estimate of drug-likeness (QED) is 0.877. The fourth-order valence-corrected chi connectivity index (χ4v) is 2.86. The Hall–Kier alpha value is -2.90. The van der Waals surface area contributed by atoms with Crippen molar-refractivity contribution >= 4 is 17.4 Å². The zero-order valence-electron chi connectivity index (χ0n) is 14.1. The maximum atomic E-state index is 12.1. The highest BCUT2D eigenvalue weighted by atomic mass is 16.2.